The van der Waals surface area contributed by atoms with Crippen LogP contribution in [0, 0.1) is 5.82 Å². The Bertz CT molecular complexity index is 1410. The molecule has 0 saturated heterocycles. The fourth-order valence-corrected chi connectivity index (χ4v) is 3.17. The predicted octanol–water partition coefficient (Wildman–Crippen LogP) is 4.51. The van der Waals surface area contributed by atoms with E-state index in [9.17, 15) is 27.2 Å². The second kappa shape index (κ2) is 8.30. The zero-order chi connectivity index (χ0) is 23.8. The van der Waals surface area contributed by atoms with Crippen LogP contribution in [-0.4, -0.2) is 26.6 Å². The average Bonchev–Trinajstić information content (AvgIpc) is 3.19. The Labute approximate surface area is 183 Å². The number of primary amides is 1. The van der Waals surface area contributed by atoms with E-state index in [2.05, 4.69) is 15.0 Å². The molecule has 0 saturated carbocycles. The Morgan fingerprint density at radius 3 is 2.42 bits per heavy atom. The van der Waals surface area contributed by atoms with E-state index in [1.54, 1.807) is 6.20 Å². The van der Waals surface area contributed by atoms with Crippen LogP contribution in [0.25, 0.3) is 28.5 Å². The molecule has 2 aromatic heterocycles. The molecular weight excluding hydrogens is 440 g/mol. The maximum absolute atomic E-state index is 14.8. The molecular formula is C23H14F4N4O2. The Morgan fingerprint density at radius 2 is 1.79 bits per heavy atom. The number of benzene rings is 2. The molecule has 2 heterocycles. The molecule has 1 amide bonds. The van der Waals surface area contributed by atoms with Gasteiger partial charge in [-0.2, -0.15) is 13.2 Å². The molecule has 0 spiro atoms. The van der Waals surface area contributed by atoms with Crippen LogP contribution in [0.1, 0.15) is 27.0 Å². The molecule has 166 valence electrons. The van der Waals surface area contributed by atoms with Crippen molar-refractivity contribution in [1.29, 1.82) is 0 Å². The van der Waals surface area contributed by atoms with Gasteiger partial charge in [-0.25, -0.2) is 14.4 Å². The molecule has 33 heavy (non-hydrogen) atoms. The van der Waals surface area contributed by atoms with Crippen LogP contribution in [0.5, 0.6) is 0 Å². The summed E-state index contributed by atoms with van der Waals surface area (Å²) in [5, 5.41) is 0. The Morgan fingerprint density at radius 1 is 1.06 bits per heavy atom. The van der Waals surface area contributed by atoms with Gasteiger partial charge in [-0.1, -0.05) is 18.2 Å². The number of aromatic nitrogens is 3. The van der Waals surface area contributed by atoms with E-state index in [1.165, 1.54) is 24.4 Å². The highest BCUT2D eigenvalue weighted by atomic mass is 19.4. The van der Waals surface area contributed by atoms with Crippen molar-refractivity contribution in [2.24, 2.45) is 5.73 Å². The SMILES string of the molecule is NC(=O)/C=C/c1c[nH]c2ncc(-c3ccc(C(=O)c4ccc(C(F)(F)F)cc4)c(F)c3)nc12. The van der Waals surface area contributed by atoms with E-state index in [4.69, 9.17) is 5.73 Å². The maximum Gasteiger partial charge on any atom is 0.416 e. The van der Waals surface area contributed by atoms with Crippen LogP contribution in [0.4, 0.5) is 17.6 Å². The van der Waals surface area contributed by atoms with Crippen LogP contribution in [0.3, 0.4) is 0 Å². The minimum atomic E-state index is -4.54. The minimum Gasteiger partial charge on any atom is -0.366 e. The summed E-state index contributed by atoms with van der Waals surface area (Å²) in [5.74, 6) is -2.25. The maximum atomic E-state index is 14.8. The van der Waals surface area contributed by atoms with E-state index in [0.29, 0.717) is 28.0 Å². The standard InChI is InChI=1S/C23H14F4N4O2/c24-17-9-13(18-11-30-22-20(31-18)14(10-29-22)4-8-19(28)32)3-7-16(17)21(33)12-1-5-15(6-2-12)23(25,26)27/h1-11H,(H2,28,32)(H,29,30)/b8-4+. The first-order valence-electron chi connectivity index (χ1n) is 9.47. The van der Waals surface area contributed by atoms with Gasteiger partial charge < -0.3 is 10.7 Å². The van der Waals surface area contributed by atoms with E-state index in [1.807, 2.05) is 0 Å². The largest absolute Gasteiger partial charge is 0.416 e. The van der Waals surface area contributed by atoms with E-state index in [0.717, 1.165) is 36.4 Å². The molecule has 2 aromatic carbocycles. The lowest BCUT2D eigenvalue weighted by molar-refractivity contribution is -0.137. The highest BCUT2D eigenvalue weighted by Crippen LogP contribution is 2.30. The molecule has 0 radical (unpaired) electrons. The summed E-state index contributed by atoms with van der Waals surface area (Å²) >= 11 is 0. The van der Waals surface area contributed by atoms with Crippen LogP contribution >= 0.6 is 0 Å². The number of amides is 1. The van der Waals surface area contributed by atoms with Gasteiger partial charge >= 0.3 is 6.18 Å². The van der Waals surface area contributed by atoms with Gasteiger partial charge in [0.2, 0.25) is 5.91 Å². The summed E-state index contributed by atoms with van der Waals surface area (Å²) in [6.07, 6.45) is 1.09. The summed E-state index contributed by atoms with van der Waals surface area (Å²) in [7, 11) is 0. The van der Waals surface area contributed by atoms with Crippen molar-refractivity contribution in [2.45, 2.75) is 6.18 Å². The Balaban J connectivity index is 1.65. The highest BCUT2D eigenvalue weighted by molar-refractivity contribution is 6.09. The van der Waals surface area contributed by atoms with Gasteiger partial charge in [0.1, 0.15) is 11.3 Å². The molecule has 4 aromatic rings. The number of fused-ring (bicyclic) bond motifs is 1. The van der Waals surface area contributed by atoms with Crippen LogP contribution in [-0.2, 0) is 11.0 Å². The van der Waals surface area contributed by atoms with Crippen molar-refractivity contribution in [1.82, 2.24) is 15.0 Å². The van der Waals surface area contributed by atoms with E-state index >= 15 is 0 Å². The summed E-state index contributed by atoms with van der Waals surface area (Å²) < 4.78 is 52.9. The second-order valence-corrected chi connectivity index (χ2v) is 7.03. The number of hydrogen-bond donors (Lipinski definition) is 2. The topological polar surface area (TPSA) is 102 Å². The lowest BCUT2D eigenvalue weighted by atomic mass is 9.99. The van der Waals surface area contributed by atoms with Gasteiger partial charge in [0.25, 0.3) is 0 Å². The first-order valence-corrected chi connectivity index (χ1v) is 9.47. The van der Waals surface area contributed by atoms with Crippen LogP contribution in [0.15, 0.2) is 60.9 Å². The number of nitrogens with two attached hydrogens (primary N) is 1. The third-order valence-electron chi connectivity index (χ3n) is 4.82. The summed E-state index contributed by atoms with van der Waals surface area (Å²) in [6, 6.07) is 7.34. The van der Waals surface area contributed by atoms with Gasteiger partial charge in [0.15, 0.2) is 11.4 Å². The third kappa shape index (κ3) is 4.49. The van der Waals surface area contributed by atoms with Gasteiger partial charge in [0, 0.05) is 29.0 Å². The van der Waals surface area contributed by atoms with Gasteiger partial charge in [-0.05, 0) is 30.3 Å². The molecule has 0 aliphatic heterocycles. The number of carbonyl (C=O) groups excluding carboxylic acids is 2. The molecule has 0 bridgehead atoms. The number of alkyl halides is 3. The second-order valence-electron chi connectivity index (χ2n) is 7.03. The highest BCUT2D eigenvalue weighted by Gasteiger charge is 2.30. The zero-order valence-corrected chi connectivity index (χ0v) is 16.7. The van der Waals surface area contributed by atoms with Crippen LogP contribution in [0.2, 0.25) is 0 Å². The van der Waals surface area contributed by atoms with Crippen molar-refractivity contribution in [2.75, 3.05) is 0 Å². The Kier molecular flexibility index (Phi) is 5.50. The number of carbonyl (C=O) groups is 2. The number of nitrogens with zero attached hydrogens (tertiary/aromatic N) is 2. The number of ketones is 1. The number of halogens is 4. The number of nitrogens with one attached hydrogen (secondary N) is 1. The number of hydrogen-bond acceptors (Lipinski definition) is 4. The summed E-state index contributed by atoms with van der Waals surface area (Å²) in [6.45, 7) is 0. The van der Waals surface area contributed by atoms with Crippen molar-refractivity contribution >= 4 is 28.9 Å². The van der Waals surface area contributed by atoms with Crippen LogP contribution < -0.4 is 5.73 Å². The summed E-state index contributed by atoms with van der Waals surface area (Å²) in [5.41, 5.74) is 5.89. The average molecular weight is 454 g/mol. The van der Waals surface area contributed by atoms with Gasteiger partial charge in [-0.15, -0.1) is 0 Å². The molecule has 0 unspecified atom stereocenters. The fraction of sp³-hybridized carbons (Fsp3) is 0.0435. The van der Waals surface area contributed by atoms with E-state index < -0.39 is 29.2 Å². The van der Waals surface area contributed by atoms with Crippen molar-refractivity contribution in [3.8, 4) is 11.3 Å². The van der Waals surface area contributed by atoms with Crippen molar-refractivity contribution in [3.05, 3.63) is 89.0 Å². The van der Waals surface area contributed by atoms with Gasteiger partial charge in [0.05, 0.1) is 23.0 Å². The lowest BCUT2D eigenvalue weighted by Crippen LogP contribution is -2.08. The molecule has 10 heteroatoms. The monoisotopic (exact) mass is 454 g/mol. The number of rotatable bonds is 5. The first kappa shape index (κ1) is 21.9. The number of H-pyrrole nitrogens is 1. The molecule has 3 N–H and O–H groups in total. The number of aromatic amines is 1. The third-order valence-corrected chi connectivity index (χ3v) is 4.82. The molecule has 0 aliphatic carbocycles. The zero-order valence-electron chi connectivity index (χ0n) is 16.7. The normalized spacial score (nSPS) is 11.9. The molecule has 6 nitrogen and oxygen atoms in total. The minimum absolute atomic E-state index is 0.0749. The predicted molar refractivity (Wildman–Crippen MR) is 112 cm³/mol. The van der Waals surface area contributed by atoms with Crippen molar-refractivity contribution in [3.63, 3.8) is 0 Å². The molecule has 0 aliphatic rings. The fourth-order valence-electron chi connectivity index (χ4n) is 3.17. The summed E-state index contributed by atoms with van der Waals surface area (Å²) in [4.78, 5) is 35.1. The molecule has 4 rings (SSSR count). The van der Waals surface area contributed by atoms with Crippen molar-refractivity contribution < 1.29 is 27.2 Å². The lowest BCUT2D eigenvalue weighted by Gasteiger charge is -2.08. The van der Waals surface area contributed by atoms with Gasteiger partial charge in [-0.3, -0.25) is 9.59 Å². The molecule has 0 atom stereocenters. The van der Waals surface area contributed by atoms with E-state index in [-0.39, 0.29) is 11.1 Å². The quantitative estimate of drug-likeness (QED) is 0.263. The smallest absolute Gasteiger partial charge is 0.366 e. The first-order chi connectivity index (χ1) is 15.6. The Hall–Kier alpha value is -4.34. The molecule has 0 fully saturated rings.